The molecule has 2 fully saturated rings. The summed E-state index contributed by atoms with van der Waals surface area (Å²) in [5.74, 6) is -0.765. The average Bonchev–Trinajstić information content (AvgIpc) is 2.84. The summed E-state index contributed by atoms with van der Waals surface area (Å²) in [5, 5.41) is 14.2. The average molecular weight is 437 g/mol. The first kappa shape index (κ1) is 22.9. The van der Waals surface area contributed by atoms with Crippen molar-refractivity contribution in [2.75, 3.05) is 26.7 Å². The number of likely N-dealkylation sites (N-methyl/N-ethyl adjacent to an activating group) is 1. The number of hydrogen-bond donors (Lipinski definition) is 0. The lowest BCUT2D eigenvalue weighted by atomic mass is 9.73. The Bertz CT molecular complexity index is 869. The van der Waals surface area contributed by atoms with Crippen LogP contribution in [0.25, 0.3) is 0 Å². The van der Waals surface area contributed by atoms with Crippen molar-refractivity contribution in [1.82, 2.24) is 4.98 Å². The minimum absolute atomic E-state index is 0.195. The quantitative estimate of drug-likeness (QED) is 0.491. The first-order valence-corrected chi connectivity index (χ1v) is 12.2. The first-order chi connectivity index (χ1) is 15.5. The molecule has 2 aliphatic rings. The van der Waals surface area contributed by atoms with Crippen LogP contribution in [0.5, 0.6) is 0 Å². The van der Waals surface area contributed by atoms with Crippen LogP contribution in [0.1, 0.15) is 56.2 Å². The Morgan fingerprint density at radius 1 is 1.06 bits per heavy atom. The summed E-state index contributed by atoms with van der Waals surface area (Å²) in [6.45, 7) is 2.77. The Morgan fingerprint density at radius 2 is 1.81 bits per heavy atom. The highest BCUT2D eigenvalue weighted by Gasteiger charge is 2.41. The fourth-order valence-electron chi connectivity index (χ4n) is 5.56. The van der Waals surface area contributed by atoms with Crippen LogP contribution < -0.4 is 5.11 Å². The van der Waals surface area contributed by atoms with Gasteiger partial charge in [-0.3, -0.25) is 9.78 Å². The summed E-state index contributed by atoms with van der Waals surface area (Å²) in [5.41, 5.74) is -0.165. The van der Waals surface area contributed by atoms with Crippen LogP contribution in [0.4, 0.5) is 0 Å². The molecule has 5 heteroatoms. The third-order valence-corrected chi connectivity index (χ3v) is 7.46. The number of pyridine rings is 1. The number of likely N-dealkylation sites (tertiary alicyclic amines) is 1. The van der Waals surface area contributed by atoms with Gasteiger partial charge in [0.1, 0.15) is 6.54 Å². The summed E-state index contributed by atoms with van der Waals surface area (Å²) in [6.07, 6.45) is 9.13. The molecule has 5 nitrogen and oxygen atoms in total. The van der Waals surface area contributed by atoms with E-state index in [-0.39, 0.29) is 12.0 Å². The number of nitrogens with zero attached hydrogens (tertiary/aromatic N) is 2. The second-order valence-corrected chi connectivity index (χ2v) is 9.93. The van der Waals surface area contributed by atoms with Gasteiger partial charge in [-0.2, -0.15) is 0 Å². The molecule has 1 aromatic carbocycles. The van der Waals surface area contributed by atoms with Gasteiger partial charge in [0.25, 0.3) is 0 Å². The van der Waals surface area contributed by atoms with Crippen LogP contribution >= 0.6 is 0 Å². The van der Waals surface area contributed by atoms with E-state index in [1.54, 1.807) is 12.1 Å². The largest absolute Gasteiger partial charge is 0.837 e. The van der Waals surface area contributed by atoms with Gasteiger partial charge in [0.05, 0.1) is 20.1 Å². The van der Waals surface area contributed by atoms with Crippen molar-refractivity contribution in [3.05, 3.63) is 66.0 Å². The molecule has 1 aliphatic carbocycles. The molecule has 2 aromatic rings. The molecule has 0 N–H and O–H groups in total. The van der Waals surface area contributed by atoms with Gasteiger partial charge < -0.3 is 14.3 Å². The number of carbonyl (C=O) groups excluding carboxylic acids is 1. The molecule has 2 heterocycles. The van der Waals surface area contributed by atoms with Gasteiger partial charge in [-0.25, -0.2) is 0 Å². The van der Waals surface area contributed by atoms with Crippen molar-refractivity contribution in [2.24, 2.45) is 5.92 Å². The molecule has 0 amide bonds. The van der Waals surface area contributed by atoms with E-state index in [2.05, 4.69) is 18.1 Å². The highest BCUT2D eigenvalue weighted by Crippen LogP contribution is 2.39. The molecule has 0 radical (unpaired) electrons. The van der Waals surface area contributed by atoms with Crippen molar-refractivity contribution in [3.63, 3.8) is 0 Å². The highest BCUT2D eigenvalue weighted by molar-refractivity contribution is 5.81. The third kappa shape index (κ3) is 5.21. The number of benzene rings is 1. The summed E-state index contributed by atoms with van der Waals surface area (Å²) in [6, 6.07) is 15.2. The van der Waals surface area contributed by atoms with E-state index in [1.807, 2.05) is 36.5 Å². The summed E-state index contributed by atoms with van der Waals surface area (Å²) in [7, 11) is 2.23. The van der Waals surface area contributed by atoms with Gasteiger partial charge in [-0.15, -0.1) is 0 Å². The first-order valence-electron chi connectivity index (χ1n) is 12.2. The normalized spacial score (nSPS) is 26.2. The maximum absolute atomic E-state index is 14.2. The fourth-order valence-corrected chi connectivity index (χ4v) is 5.56. The molecule has 1 saturated heterocycles. The Hall–Kier alpha value is -2.24. The molecule has 1 aromatic heterocycles. The predicted molar refractivity (Wildman–Crippen MR) is 123 cm³/mol. The Kier molecular flexibility index (Phi) is 7.27. The molecule has 2 unspecified atom stereocenters. The molecule has 1 aliphatic heterocycles. The van der Waals surface area contributed by atoms with Crippen molar-refractivity contribution in [2.45, 2.75) is 63.1 Å². The zero-order valence-corrected chi connectivity index (χ0v) is 19.2. The van der Waals surface area contributed by atoms with E-state index in [9.17, 15) is 9.90 Å². The second-order valence-electron chi connectivity index (χ2n) is 9.93. The van der Waals surface area contributed by atoms with Crippen LogP contribution in [0.3, 0.4) is 0 Å². The van der Waals surface area contributed by atoms with E-state index >= 15 is 0 Å². The van der Waals surface area contributed by atoms with Crippen molar-refractivity contribution < 1.29 is 19.1 Å². The molecule has 3 atom stereocenters. The maximum atomic E-state index is 14.2. The molecule has 1 saturated carbocycles. The Balaban J connectivity index is 1.45. The number of rotatable bonds is 7. The zero-order valence-electron chi connectivity index (χ0n) is 19.2. The number of carbonyl (C=O) groups is 1. The molecule has 0 spiro atoms. The lowest BCUT2D eigenvalue weighted by Crippen LogP contribution is -2.59. The number of ether oxygens (including phenoxy) is 1. The Morgan fingerprint density at radius 3 is 2.53 bits per heavy atom. The van der Waals surface area contributed by atoms with E-state index in [4.69, 9.17) is 4.74 Å². The number of quaternary nitrogens is 1. The van der Waals surface area contributed by atoms with Crippen LogP contribution in [0.15, 0.2) is 54.7 Å². The topological polar surface area (TPSA) is 62.2 Å². The highest BCUT2D eigenvalue weighted by atomic mass is 16.6. The lowest BCUT2D eigenvalue weighted by molar-refractivity contribution is -0.916. The van der Waals surface area contributed by atoms with Crippen LogP contribution in [0, 0.1) is 5.92 Å². The van der Waals surface area contributed by atoms with Crippen LogP contribution in [-0.4, -0.2) is 48.2 Å². The van der Waals surface area contributed by atoms with Crippen LogP contribution in [-0.2, 0) is 21.6 Å². The monoisotopic (exact) mass is 436 g/mol. The van der Waals surface area contributed by atoms with Gasteiger partial charge in [-0.05, 0) is 30.0 Å². The van der Waals surface area contributed by atoms with E-state index < -0.39 is 11.6 Å². The second kappa shape index (κ2) is 10.1. The molecule has 4 rings (SSSR count). The number of piperidine rings is 1. The summed E-state index contributed by atoms with van der Waals surface area (Å²) < 4.78 is 6.87. The van der Waals surface area contributed by atoms with Gasteiger partial charge in [0, 0.05) is 30.3 Å². The minimum Gasteiger partial charge on any atom is -0.837 e. The number of aromatic nitrogens is 1. The lowest BCUT2D eigenvalue weighted by Gasteiger charge is -2.48. The Labute approximate surface area is 192 Å². The molecular weight excluding hydrogens is 400 g/mol. The fraction of sp³-hybridized carbons (Fsp3) is 0.556. The van der Waals surface area contributed by atoms with Crippen molar-refractivity contribution >= 4 is 5.97 Å². The smallest absolute Gasteiger partial charge is 0.300 e. The summed E-state index contributed by atoms with van der Waals surface area (Å²) in [4.78, 5) is 17.9. The standard InChI is InChI=1S/C27H36N2O3/c1-29(20-17-24-15-8-9-18-28-24)19-10-16-25(21-29)32-26(30)27(31,22-11-4-2-5-12-22)23-13-6-3-7-14-23/h2,4-5,8-9,11-12,15,18,23,25H,3,6-7,10,13-14,16-17,19-21H2,1H3/t25?,27?,29-/m1/s1. The zero-order chi connectivity index (χ0) is 22.4. The predicted octanol–water partition coefficient (Wildman–Crippen LogP) is 3.61. The minimum atomic E-state index is -1.81. The van der Waals surface area contributed by atoms with Gasteiger partial charge in [0.2, 0.25) is 0 Å². The van der Waals surface area contributed by atoms with Crippen LogP contribution in [0.2, 0.25) is 0 Å². The van der Waals surface area contributed by atoms with Gasteiger partial charge >= 0.3 is 5.97 Å². The number of esters is 1. The van der Waals surface area contributed by atoms with Crippen molar-refractivity contribution in [3.8, 4) is 0 Å². The van der Waals surface area contributed by atoms with E-state index in [1.165, 1.54) is 0 Å². The summed E-state index contributed by atoms with van der Waals surface area (Å²) >= 11 is 0. The third-order valence-electron chi connectivity index (χ3n) is 7.46. The number of hydrogen-bond acceptors (Lipinski definition) is 4. The van der Waals surface area contributed by atoms with Crippen molar-refractivity contribution in [1.29, 1.82) is 0 Å². The molecule has 32 heavy (non-hydrogen) atoms. The van der Waals surface area contributed by atoms with E-state index in [0.29, 0.717) is 5.56 Å². The molecule has 172 valence electrons. The van der Waals surface area contributed by atoms with Gasteiger partial charge in [0.15, 0.2) is 6.10 Å². The molecule has 0 bridgehead atoms. The van der Waals surface area contributed by atoms with E-state index in [0.717, 1.165) is 81.2 Å². The SMILES string of the molecule is C[N@+]1(CCc2ccccn2)CCCC(OC(=O)C([O-])(c2ccccc2)C2CCCCC2)C1. The maximum Gasteiger partial charge on any atom is 0.300 e. The molecular formula is C27H36N2O3. The van der Waals surface area contributed by atoms with Gasteiger partial charge in [-0.1, -0.05) is 68.5 Å².